The summed E-state index contributed by atoms with van der Waals surface area (Å²) in [4.78, 5) is 49.8. The molecule has 1 aromatic carbocycles. The van der Waals surface area contributed by atoms with Gasteiger partial charge in [-0.3, -0.25) is 9.69 Å². The van der Waals surface area contributed by atoms with E-state index in [9.17, 15) is 14.7 Å². The molecule has 13 heteroatoms. The first-order valence-corrected chi connectivity index (χ1v) is 13.2. The highest BCUT2D eigenvalue weighted by Gasteiger charge is 2.37. The Morgan fingerprint density at radius 3 is 2.49 bits per heavy atom. The van der Waals surface area contributed by atoms with Crippen molar-refractivity contribution >= 4 is 44.6 Å². The number of carbonyl (C=O) groups is 2. The minimum atomic E-state index is -0.771. The number of ether oxygens (including phenoxy) is 1. The fourth-order valence-electron chi connectivity index (χ4n) is 4.49. The lowest BCUT2D eigenvalue weighted by Gasteiger charge is -2.36. The van der Waals surface area contributed by atoms with Gasteiger partial charge in [-0.1, -0.05) is 11.3 Å². The summed E-state index contributed by atoms with van der Waals surface area (Å²) < 4.78 is 6.10. The van der Waals surface area contributed by atoms with Crippen LogP contribution in [0.25, 0.3) is 32.7 Å². The van der Waals surface area contributed by atoms with E-state index in [1.807, 2.05) is 24.0 Å². The molecule has 0 radical (unpaired) electrons. The third kappa shape index (κ3) is 5.04. The molecule has 1 aliphatic heterocycles. The summed E-state index contributed by atoms with van der Waals surface area (Å²) in [6, 6.07) is 4.94. The van der Waals surface area contributed by atoms with Crippen LogP contribution in [0.2, 0.25) is 0 Å². The molecule has 1 aliphatic rings. The number of hydrogen-bond donors (Lipinski definition) is 2. The van der Waals surface area contributed by atoms with E-state index in [0.717, 1.165) is 21.4 Å². The molecule has 0 unspecified atom stereocenters. The van der Waals surface area contributed by atoms with Crippen LogP contribution in [0.5, 0.6) is 5.88 Å². The fraction of sp³-hybridized carbons (Fsp3) is 0.346. The van der Waals surface area contributed by atoms with Crippen LogP contribution >= 0.6 is 11.3 Å². The lowest BCUT2D eigenvalue weighted by molar-refractivity contribution is -0.149. The molecule has 1 saturated heterocycles. The molecule has 0 bridgehead atoms. The van der Waals surface area contributed by atoms with E-state index in [4.69, 9.17) is 15.5 Å². The van der Waals surface area contributed by atoms with Crippen molar-refractivity contribution < 1.29 is 19.4 Å². The van der Waals surface area contributed by atoms with Gasteiger partial charge in [0.25, 0.3) is 0 Å². The van der Waals surface area contributed by atoms with Gasteiger partial charge in [0.1, 0.15) is 0 Å². The maximum atomic E-state index is 12.0. The molecule has 0 atom stereocenters. The van der Waals surface area contributed by atoms with E-state index < -0.39 is 17.4 Å². The number of aliphatic carboxylic acids is 1. The molecule has 2 amide bonds. The van der Waals surface area contributed by atoms with Crippen LogP contribution in [-0.4, -0.2) is 68.8 Å². The van der Waals surface area contributed by atoms with Gasteiger partial charge in [-0.25, -0.2) is 24.7 Å². The lowest BCUT2D eigenvalue weighted by Crippen LogP contribution is -2.43. The van der Waals surface area contributed by atoms with Gasteiger partial charge >= 0.3 is 12.0 Å². The van der Waals surface area contributed by atoms with Crippen LogP contribution < -0.4 is 20.3 Å². The minimum Gasteiger partial charge on any atom is -0.481 e. The number of anilines is 2. The predicted molar refractivity (Wildman–Crippen MR) is 148 cm³/mol. The van der Waals surface area contributed by atoms with E-state index >= 15 is 0 Å². The Morgan fingerprint density at radius 1 is 1.15 bits per heavy atom. The van der Waals surface area contributed by atoms with Crippen molar-refractivity contribution in [1.29, 1.82) is 0 Å². The molecule has 12 nitrogen and oxygen atoms in total. The largest absolute Gasteiger partial charge is 0.481 e. The van der Waals surface area contributed by atoms with Gasteiger partial charge in [-0.05, 0) is 44.4 Å². The highest BCUT2D eigenvalue weighted by Crippen LogP contribution is 2.39. The molecular weight excluding hydrogens is 520 g/mol. The Bertz CT molecular complexity index is 1530. The molecular formula is C26H28N8O4S. The number of carboxylic acid groups (broad SMARTS) is 1. The third-order valence-electron chi connectivity index (χ3n) is 7.01. The molecule has 0 aliphatic carbocycles. The van der Waals surface area contributed by atoms with E-state index in [2.05, 4.69) is 19.9 Å². The SMILES string of the molecule is CCN(C(N)=O)c1nc2cc(-c3cnc(N4CCC(C)(C(=O)O)CC4)nc3)cc(-c3nccc(OC)n3)c2s1. The number of benzene rings is 1. The Balaban J connectivity index is 1.53. The van der Waals surface area contributed by atoms with E-state index in [1.54, 1.807) is 31.6 Å². The lowest BCUT2D eigenvalue weighted by atomic mass is 9.80. The van der Waals surface area contributed by atoms with Crippen molar-refractivity contribution in [3.63, 3.8) is 0 Å². The van der Waals surface area contributed by atoms with E-state index in [1.165, 1.54) is 23.3 Å². The van der Waals surface area contributed by atoms with Crippen LogP contribution in [0.15, 0.2) is 36.8 Å². The number of carbonyl (C=O) groups excluding carboxylic acids is 1. The van der Waals surface area contributed by atoms with Crippen molar-refractivity contribution in [2.45, 2.75) is 26.7 Å². The molecule has 202 valence electrons. The highest BCUT2D eigenvalue weighted by atomic mass is 32.1. The number of methoxy groups -OCH3 is 1. The van der Waals surface area contributed by atoms with Crippen molar-refractivity contribution in [3.05, 3.63) is 36.8 Å². The quantitative estimate of drug-likeness (QED) is 0.347. The number of carboxylic acids is 1. The maximum Gasteiger partial charge on any atom is 0.321 e. The van der Waals surface area contributed by atoms with Gasteiger partial charge in [0.05, 0.1) is 22.7 Å². The Morgan fingerprint density at radius 2 is 1.87 bits per heavy atom. The number of aromatic nitrogens is 5. The first-order valence-electron chi connectivity index (χ1n) is 12.4. The zero-order valence-electron chi connectivity index (χ0n) is 21.8. The first kappa shape index (κ1) is 26.2. The molecule has 0 spiro atoms. The number of primary amides is 1. The number of nitrogens with zero attached hydrogens (tertiary/aromatic N) is 7. The number of nitrogens with two attached hydrogens (primary N) is 1. The highest BCUT2D eigenvalue weighted by molar-refractivity contribution is 7.23. The van der Waals surface area contributed by atoms with Crippen LogP contribution in [0, 0.1) is 5.41 Å². The summed E-state index contributed by atoms with van der Waals surface area (Å²) in [6.07, 6.45) is 6.15. The number of piperidine rings is 1. The van der Waals surface area contributed by atoms with E-state index in [0.29, 0.717) is 60.8 Å². The van der Waals surface area contributed by atoms with Crippen LogP contribution in [-0.2, 0) is 4.79 Å². The number of hydrogen-bond acceptors (Lipinski definition) is 10. The second kappa shape index (κ2) is 10.4. The van der Waals surface area contributed by atoms with Gasteiger partial charge in [0, 0.05) is 55.4 Å². The first-order chi connectivity index (χ1) is 18.7. The third-order valence-corrected chi connectivity index (χ3v) is 8.14. The second-order valence-corrected chi connectivity index (χ2v) is 10.5. The monoisotopic (exact) mass is 548 g/mol. The van der Waals surface area contributed by atoms with Gasteiger partial charge in [-0.2, -0.15) is 4.98 Å². The van der Waals surface area contributed by atoms with Gasteiger partial charge < -0.3 is 20.5 Å². The molecule has 3 aromatic heterocycles. The molecule has 4 heterocycles. The molecule has 0 saturated carbocycles. The second-order valence-electron chi connectivity index (χ2n) is 9.50. The smallest absolute Gasteiger partial charge is 0.321 e. The average Bonchev–Trinajstić information content (AvgIpc) is 3.37. The number of fused-ring (bicyclic) bond motifs is 1. The normalized spacial score (nSPS) is 14.8. The number of rotatable bonds is 7. The zero-order valence-corrected chi connectivity index (χ0v) is 22.6. The minimum absolute atomic E-state index is 0.379. The van der Waals surface area contributed by atoms with Gasteiger partial charge in [0.15, 0.2) is 11.0 Å². The summed E-state index contributed by atoms with van der Waals surface area (Å²) in [7, 11) is 1.54. The van der Waals surface area contributed by atoms with Crippen LogP contribution in [0.4, 0.5) is 15.9 Å². The molecule has 5 rings (SSSR count). The van der Waals surface area contributed by atoms with Crippen molar-refractivity contribution in [2.24, 2.45) is 11.1 Å². The maximum absolute atomic E-state index is 12.0. The average molecular weight is 549 g/mol. The predicted octanol–water partition coefficient (Wildman–Crippen LogP) is 3.82. The molecule has 4 aromatic rings. The number of amides is 2. The van der Waals surface area contributed by atoms with Crippen molar-refractivity contribution in [3.8, 4) is 28.4 Å². The molecule has 39 heavy (non-hydrogen) atoms. The van der Waals surface area contributed by atoms with Crippen molar-refractivity contribution in [2.75, 3.05) is 36.5 Å². The van der Waals surface area contributed by atoms with E-state index in [-0.39, 0.29) is 0 Å². The Kier molecular flexibility index (Phi) is 7.00. The molecule has 1 fully saturated rings. The summed E-state index contributed by atoms with van der Waals surface area (Å²) in [5.41, 5.74) is 7.79. The fourth-order valence-corrected chi connectivity index (χ4v) is 5.61. The van der Waals surface area contributed by atoms with Gasteiger partial charge in [0.2, 0.25) is 11.8 Å². The summed E-state index contributed by atoms with van der Waals surface area (Å²) >= 11 is 1.33. The summed E-state index contributed by atoms with van der Waals surface area (Å²) in [5, 5.41) is 9.98. The number of urea groups is 1. The summed E-state index contributed by atoms with van der Waals surface area (Å²) in [6.45, 7) is 5.13. The Hall–Kier alpha value is -4.39. The topological polar surface area (TPSA) is 161 Å². The summed E-state index contributed by atoms with van der Waals surface area (Å²) in [5.74, 6) is 0.655. The van der Waals surface area contributed by atoms with Crippen molar-refractivity contribution in [1.82, 2.24) is 24.9 Å². The van der Waals surface area contributed by atoms with Gasteiger partial charge in [-0.15, -0.1) is 0 Å². The Labute approximate surface area is 228 Å². The number of thiazole rings is 1. The molecule has 3 N–H and O–H groups in total. The standard InChI is InChI=1S/C26H28N8O4S/c1-4-34(23(27)37)25-31-18-12-15(11-17(20(18)39-25)21-28-8-5-19(32-21)38-3)16-13-29-24(30-14-16)33-9-6-26(2,7-10-33)22(35)36/h5,8,11-14H,4,6-7,9-10H2,1-3H3,(H2,27,37)(H,35,36). The zero-order chi connectivity index (χ0) is 27.7. The van der Waals surface area contributed by atoms with Crippen LogP contribution in [0.1, 0.15) is 26.7 Å². The van der Waals surface area contributed by atoms with Crippen LogP contribution in [0.3, 0.4) is 0 Å².